The molecular formula is C15H17FN2O2. The predicted molar refractivity (Wildman–Crippen MR) is 71.3 cm³/mol. The lowest BCUT2D eigenvalue weighted by Gasteiger charge is -2.23. The maximum atomic E-state index is 13.6. The van der Waals surface area contributed by atoms with E-state index < -0.39 is 0 Å². The average Bonchev–Trinajstić information content (AvgIpc) is 3.04. The minimum absolute atomic E-state index is 0.0214. The first-order valence-corrected chi connectivity index (χ1v) is 7.01. The fourth-order valence-corrected chi connectivity index (χ4v) is 3.01. The molecule has 2 aliphatic rings. The molecule has 1 aliphatic carbocycles. The number of rotatable bonds is 3. The highest BCUT2D eigenvalue weighted by molar-refractivity contribution is 6.02. The summed E-state index contributed by atoms with van der Waals surface area (Å²) in [5.41, 5.74) is 0.377. The van der Waals surface area contributed by atoms with E-state index in [1.54, 1.807) is 23.1 Å². The Morgan fingerprint density at radius 1 is 1.15 bits per heavy atom. The molecule has 3 amide bonds. The Balaban J connectivity index is 1.75. The molecule has 1 aromatic carbocycles. The van der Waals surface area contributed by atoms with E-state index in [0.29, 0.717) is 5.56 Å². The van der Waals surface area contributed by atoms with Crippen molar-refractivity contribution in [2.24, 2.45) is 0 Å². The zero-order valence-corrected chi connectivity index (χ0v) is 11.2. The Morgan fingerprint density at radius 2 is 1.85 bits per heavy atom. The number of carbonyl (C=O) groups excluding carboxylic acids is 2. The largest absolute Gasteiger partial charge is 0.327 e. The molecule has 0 unspecified atom stereocenters. The van der Waals surface area contributed by atoms with E-state index >= 15 is 0 Å². The lowest BCUT2D eigenvalue weighted by Crippen LogP contribution is -2.37. The highest BCUT2D eigenvalue weighted by atomic mass is 19.1. The van der Waals surface area contributed by atoms with Gasteiger partial charge in [0, 0.05) is 11.6 Å². The summed E-state index contributed by atoms with van der Waals surface area (Å²) in [5, 5.41) is 0. The summed E-state index contributed by atoms with van der Waals surface area (Å²) in [7, 11) is 0. The molecule has 1 saturated heterocycles. The van der Waals surface area contributed by atoms with Crippen molar-refractivity contribution in [1.82, 2.24) is 9.80 Å². The van der Waals surface area contributed by atoms with E-state index in [-0.39, 0.29) is 36.9 Å². The van der Waals surface area contributed by atoms with Crippen LogP contribution in [-0.4, -0.2) is 34.3 Å². The van der Waals surface area contributed by atoms with Crippen LogP contribution in [0.25, 0.3) is 0 Å². The maximum Gasteiger partial charge on any atom is 0.327 e. The third-order valence-corrected chi connectivity index (χ3v) is 4.14. The molecule has 3 rings (SSSR count). The van der Waals surface area contributed by atoms with E-state index in [2.05, 4.69) is 0 Å². The van der Waals surface area contributed by atoms with Gasteiger partial charge >= 0.3 is 6.03 Å². The van der Waals surface area contributed by atoms with Crippen LogP contribution in [0.5, 0.6) is 0 Å². The van der Waals surface area contributed by atoms with Gasteiger partial charge in [0.1, 0.15) is 12.4 Å². The number of imide groups is 1. The molecule has 2 fully saturated rings. The number of amides is 3. The van der Waals surface area contributed by atoms with Gasteiger partial charge in [-0.25, -0.2) is 9.18 Å². The van der Waals surface area contributed by atoms with Crippen LogP contribution in [0.3, 0.4) is 0 Å². The van der Waals surface area contributed by atoms with Crippen LogP contribution in [0.4, 0.5) is 9.18 Å². The minimum atomic E-state index is -0.382. The molecular weight excluding hydrogens is 259 g/mol. The number of halogens is 1. The zero-order valence-electron chi connectivity index (χ0n) is 11.2. The van der Waals surface area contributed by atoms with Gasteiger partial charge in [0.25, 0.3) is 5.91 Å². The van der Waals surface area contributed by atoms with Crippen LogP contribution in [0.15, 0.2) is 24.3 Å². The second kappa shape index (κ2) is 5.23. The maximum absolute atomic E-state index is 13.6. The van der Waals surface area contributed by atoms with Crippen molar-refractivity contribution in [1.29, 1.82) is 0 Å². The quantitative estimate of drug-likeness (QED) is 0.796. The highest BCUT2D eigenvalue weighted by Crippen LogP contribution is 2.27. The third kappa shape index (κ3) is 2.28. The van der Waals surface area contributed by atoms with Gasteiger partial charge < -0.3 is 4.90 Å². The molecule has 0 atom stereocenters. The first-order valence-electron chi connectivity index (χ1n) is 7.01. The van der Waals surface area contributed by atoms with Crippen molar-refractivity contribution in [3.8, 4) is 0 Å². The zero-order chi connectivity index (χ0) is 14.1. The standard InChI is InChI=1S/C15H17FN2O2/c16-13-8-4-1-5-11(13)9-18-14(19)10-17(15(18)20)12-6-2-3-7-12/h1,4-5,8,12H,2-3,6-7,9-10H2. The van der Waals surface area contributed by atoms with Crippen molar-refractivity contribution in [3.63, 3.8) is 0 Å². The molecule has 4 nitrogen and oxygen atoms in total. The van der Waals surface area contributed by atoms with Gasteiger partial charge in [-0.05, 0) is 18.9 Å². The summed E-state index contributed by atoms with van der Waals surface area (Å²) in [5.74, 6) is -0.613. The summed E-state index contributed by atoms with van der Waals surface area (Å²) in [6.07, 6.45) is 4.14. The number of hydrogen-bond acceptors (Lipinski definition) is 2. The van der Waals surface area contributed by atoms with Crippen molar-refractivity contribution in [3.05, 3.63) is 35.6 Å². The van der Waals surface area contributed by atoms with Crippen LogP contribution < -0.4 is 0 Å². The highest BCUT2D eigenvalue weighted by Gasteiger charge is 2.40. The van der Waals surface area contributed by atoms with E-state index in [4.69, 9.17) is 0 Å². The van der Waals surface area contributed by atoms with Crippen molar-refractivity contribution in [2.75, 3.05) is 6.54 Å². The summed E-state index contributed by atoms with van der Waals surface area (Å²) in [6, 6.07) is 6.15. The Hall–Kier alpha value is -1.91. The Labute approximate surface area is 117 Å². The minimum Gasteiger partial charge on any atom is -0.312 e. The van der Waals surface area contributed by atoms with Crippen LogP contribution >= 0.6 is 0 Å². The smallest absolute Gasteiger partial charge is 0.312 e. The molecule has 1 saturated carbocycles. The molecule has 1 aliphatic heterocycles. The Morgan fingerprint density at radius 3 is 2.55 bits per heavy atom. The van der Waals surface area contributed by atoms with Gasteiger partial charge in [-0.3, -0.25) is 9.69 Å². The molecule has 0 aromatic heterocycles. The molecule has 1 aromatic rings. The fraction of sp³-hybridized carbons (Fsp3) is 0.467. The third-order valence-electron chi connectivity index (χ3n) is 4.14. The average molecular weight is 276 g/mol. The molecule has 0 radical (unpaired) electrons. The van der Waals surface area contributed by atoms with Gasteiger partial charge in [0.2, 0.25) is 0 Å². The molecule has 106 valence electrons. The van der Waals surface area contributed by atoms with Crippen molar-refractivity contribution in [2.45, 2.75) is 38.3 Å². The van der Waals surface area contributed by atoms with Gasteiger partial charge in [-0.1, -0.05) is 31.0 Å². The number of nitrogens with zero attached hydrogens (tertiary/aromatic N) is 2. The number of urea groups is 1. The summed E-state index contributed by atoms with van der Waals surface area (Å²) >= 11 is 0. The van der Waals surface area contributed by atoms with Crippen molar-refractivity contribution < 1.29 is 14.0 Å². The molecule has 0 spiro atoms. The summed E-state index contributed by atoms with van der Waals surface area (Å²) in [4.78, 5) is 27.1. The lowest BCUT2D eigenvalue weighted by atomic mass is 10.2. The normalized spacial score (nSPS) is 20.2. The second-order valence-corrected chi connectivity index (χ2v) is 5.42. The molecule has 1 heterocycles. The van der Waals surface area contributed by atoms with Gasteiger partial charge in [0.05, 0.1) is 6.54 Å². The van der Waals surface area contributed by atoms with Crippen LogP contribution in [0.2, 0.25) is 0 Å². The number of benzene rings is 1. The first kappa shape index (κ1) is 13.1. The Kier molecular flexibility index (Phi) is 3.42. The predicted octanol–water partition coefficient (Wildman–Crippen LogP) is 2.53. The molecule has 20 heavy (non-hydrogen) atoms. The Bertz CT molecular complexity index is 540. The second-order valence-electron chi connectivity index (χ2n) is 5.42. The van der Waals surface area contributed by atoms with Gasteiger partial charge in [0.15, 0.2) is 0 Å². The first-order chi connectivity index (χ1) is 9.66. The summed E-state index contributed by atoms with van der Waals surface area (Å²) < 4.78 is 13.6. The number of carbonyl (C=O) groups is 2. The molecule has 0 bridgehead atoms. The van der Waals surface area contributed by atoms with E-state index in [1.165, 1.54) is 6.07 Å². The topological polar surface area (TPSA) is 40.6 Å². The molecule has 5 heteroatoms. The van der Waals surface area contributed by atoms with E-state index in [9.17, 15) is 14.0 Å². The van der Waals surface area contributed by atoms with Crippen LogP contribution in [0.1, 0.15) is 31.2 Å². The van der Waals surface area contributed by atoms with Gasteiger partial charge in [-0.15, -0.1) is 0 Å². The van der Waals surface area contributed by atoms with E-state index in [1.807, 2.05) is 0 Å². The number of hydrogen-bond donors (Lipinski definition) is 0. The van der Waals surface area contributed by atoms with Gasteiger partial charge in [-0.2, -0.15) is 0 Å². The molecule has 0 N–H and O–H groups in total. The van der Waals surface area contributed by atoms with Crippen LogP contribution in [0, 0.1) is 5.82 Å². The van der Waals surface area contributed by atoms with Crippen molar-refractivity contribution >= 4 is 11.9 Å². The van der Waals surface area contributed by atoms with E-state index in [0.717, 1.165) is 30.6 Å². The summed E-state index contributed by atoms with van der Waals surface area (Å²) in [6.45, 7) is 0.158. The monoisotopic (exact) mass is 276 g/mol. The SMILES string of the molecule is O=C1CN(C2CCCC2)C(=O)N1Cc1ccccc1F. The fourth-order valence-electron chi connectivity index (χ4n) is 3.01. The lowest BCUT2D eigenvalue weighted by molar-refractivity contribution is -0.125. The van der Waals surface area contributed by atoms with Crippen LogP contribution in [-0.2, 0) is 11.3 Å².